The van der Waals surface area contributed by atoms with E-state index in [4.69, 9.17) is 9.47 Å². The maximum absolute atomic E-state index is 14.6. The van der Waals surface area contributed by atoms with Crippen LogP contribution in [0.2, 0.25) is 0 Å². The molecule has 0 N–H and O–H groups in total. The zero-order valence-corrected chi connectivity index (χ0v) is 21.5. The SMILES string of the molecule is CCOc1ccc(C2CCC(OCC3CCC(C4CCC(C=C(C)F)CC4)CC3)CC2)c(F)c1F. The maximum Gasteiger partial charge on any atom is 0.200 e. The highest BCUT2D eigenvalue weighted by atomic mass is 19.2. The number of hydrogen-bond acceptors (Lipinski definition) is 2. The molecule has 35 heavy (non-hydrogen) atoms. The molecule has 1 aromatic carbocycles. The summed E-state index contributed by atoms with van der Waals surface area (Å²) in [5.74, 6) is 1.16. The second-order valence-electron chi connectivity index (χ2n) is 11.2. The summed E-state index contributed by atoms with van der Waals surface area (Å²) >= 11 is 0. The fourth-order valence-corrected chi connectivity index (χ4v) is 6.88. The number of benzene rings is 1. The summed E-state index contributed by atoms with van der Waals surface area (Å²) in [6.07, 6.45) is 15.4. The van der Waals surface area contributed by atoms with E-state index in [0.717, 1.165) is 57.0 Å². The van der Waals surface area contributed by atoms with Crippen LogP contribution in [0.15, 0.2) is 24.0 Å². The zero-order chi connectivity index (χ0) is 24.8. The van der Waals surface area contributed by atoms with E-state index in [9.17, 15) is 13.2 Å². The third-order valence-corrected chi connectivity index (χ3v) is 8.90. The molecule has 5 heteroatoms. The molecule has 0 heterocycles. The summed E-state index contributed by atoms with van der Waals surface area (Å²) in [6, 6.07) is 3.25. The first-order chi connectivity index (χ1) is 16.9. The Morgan fingerprint density at radius 1 is 0.857 bits per heavy atom. The Kier molecular flexibility index (Phi) is 9.60. The van der Waals surface area contributed by atoms with Gasteiger partial charge in [-0.1, -0.05) is 12.1 Å². The van der Waals surface area contributed by atoms with Crippen molar-refractivity contribution in [3.63, 3.8) is 0 Å². The van der Waals surface area contributed by atoms with E-state index in [0.29, 0.717) is 24.0 Å². The van der Waals surface area contributed by atoms with Crippen LogP contribution in [-0.2, 0) is 4.74 Å². The molecular formula is C30H43F3O2. The molecule has 3 fully saturated rings. The molecule has 2 nitrogen and oxygen atoms in total. The molecule has 0 aromatic heterocycles. The molecule has 0 spiro atoms. The Hall–Kier alpha value is -1.49. The highest BCUT2D eigenvalue weighted by Gasteiger charge is 2.32. The molecule has 0 atom stereocenters. The molecule has 0 bridgehead atoms. The van der Waals surface area contributed by atoms with Crippen molar-refractivity contribution < 1.29 is 22.6 Å². The van der Waals surface area contributed by atoms with Gasteiger partial charge >= 0.3 is 0 Å². The maximum atomic E-state index is 14.6. The van der Waals surface area contributed by atoms with Crippen molar-refractivity contribution in [3.8, 4) is 5.75 Å². The van der Waals surface area contributed by atoms with Crippen LogP contribution in [0.5, 0.6) is 5.75 Å². The third-order valence-electron chi connectivity index (χ3n) is 8.90. The first kappa shape index (κ1) is 26.6. The average molecular weight is 493 g/mol. The lowest BCUT2D eigenvalue weighted by molar-refractivity contribution is -0.00772. The van der Waals surface area contributed by atoms with Gasteiger partial charge in [0.15, 0.2) is 11.6 Å². The lowest BCUT2D eigenvalue weighted by Gasteiger charge is -2.38. The number of ether oxygens (including phenoxy) is 2. The van der Waals surface area contributed by atoms with E-state index < -0.39 is 11.6 Å². The molecule has 0 saturated heterocycles. The van der Waals surface area contributed by atoms with Gasteiger partial charge in [-0.05, 0) is 132 Å². The number of halogens is 3. The molecule has 4 rings (SSSR count). The quantitative estimate of drug-likeness (QED) is 0.361. The summed E-state index contributed by atoms with van der Waals surface area (Å²) in [7, 11) is 0. The van der Waals surface area contributed by atoms with E-state index in [-0.39, 0.29) is 23.6 Å². The zero-order valence-electron chi connectivity index (χ0n) is 21.5. The molecule has 0 radical (unpaired) electrons. The van der Waals surface area contributed by atoms with Gasteiger partial charge in [-0.15, -0.1) is 0 Å². The number of allylic oxidation sites excluding steroid dienone is 2. The van der Waals surface area contributed by atoms with Crippen LogP contribution in [0, 0.1) is 35.3 Å². The van der Waals surface area contributed by atoms with Crippen LogP contribution in [0.3, 0.4) is 0 Å². The Bertz CT molecular complexity index is 826. The number of rotatable bonds is 8. The minimum Gasteiger partial charge on any atom is -0.491 e. The van der Waals surface area contributed by atoms with E-state index in [1.165, 1.54) is 38.5 Å². The van der Waals surface area contributed by atoms with Crippen molar-refractivity contribution in [3.05, 3.63) is 41.2 Å². The molecule has 0 unspecified atom stereocenters. The van der Waals surface area contributed by atoms with Gasteiger partial charge in [0.1, 0.15) is 0 Å². The van der Waals surface area contributed by atoms with Crippen LogP contribution in [-0.4, -0.2) is 19.3 Å². The van der Waals surface area contributed by atoms with Gasteiger partial charge in [-0.25, -0.2) is 8.78 Å². The fourth-order valence-electron chi connectivity index (χ4n) is 6.88. The summed E-state index contributed by atoms with van der Waals surface area (Å²) in [6.45, 7) is 4.48. The lowest BCUT2D eigenvalue weighted by atomic mass is 9.69. The van der Waals surface area contributed by atoms with Gasteiger partial charge in [-0.3, -0.25) is 0 Å². The fraction of sp³-hybridized carbons (Fsp3) is 0.733. The van der Waals surface area contributed by atoms with Gasteiger partial charge in [0, 0.05) is 6.61 Å². The van der Waals surface area contributed by atoms with Gasteiger partial charge in [0.2, 0.25) is 5.82 Å². The second-order valence-corrected chi connectivity index (χ2v) is 11.2. The van der Waals surface area contributed by atoms with Crippen LogP contribution < -0.4 is 4.74 Å². The predicted molar refractivity (Wildman–Crippen MR) is 134 cm³/mol. The van der Waals surface area contributed by atoms with Crippen molar-refractivity contribution in [1.82, 2.24) is 0 Å². The Balaban J connectivity index is 1.15. The van der Waals surface area contributed by atoms with Gasteiger partial charge in [0.25, 0.3) is 0 Å². The average Bonchev–Trinajstić information content (AvgIpc) is 2.87. The molecule has 0 amide bonds. The predicted octanol–water partition coefficient (Wildman–Crippen LogP) is 8.89. The molecule has 3 saturated carbocycles. The largest absolute Gasteiger partial charge is 0.491 e. The van der Waals surface area contributed by atoms with E-state index in [1.54, 1.807) is 26.0 Å². The second kappa shape index (κ2) is 12.7. The molecule has 196 valence electrons. The van der Waals surface area contributed by atoms with Crippen molar-refractivity contribution in [2.45, 2.75) is 103 Å². The van der Waals surface area contributed by atoms with Crippen molar-refractivity contribution in [1.29, 1.82) is 0 Å². The molecule has 1 aromatic rings. The summed E-state index contributed by atoms with van der Waals surface area (Å²) < 4.78 is 53.5. The Labute approximate surface area is 209 Å². The van der Waals surface area contributed by atoms with Gasteiger partial charge < -0.3 is 9.47 Å². The van der Waals surface area contributed by atoms with Crippen LogP contribution in [0.25, 0.3) is 0 Å². The number of hydrogen-bond donors (Lipinski definition) is 0. The van der Waals surface area contributed by atoms with Crippen molar-refractivity contribution >= 4 is 0 Å². The Morgan fingerprint density at radius 2 is 1.49 bits per heavy atom. The smallest absolute Gasteiger partial charge is 0.200 e. The first-order valence-electron chi connectivity index (χ1n) is 14.0. The van der Waals surface area contributed by atoms with Crippen LogP contribution in [0.4, 0.5) is 13.2 Å². The van der Waals surface area contributed by atoms with Crippen LogP contribution >= 0.6 is 0 Å². The minimum absolute atomic E-state index is 0.00258. The minimum atomic E-state index is -0.863. The molecule has 0 aliphatic heterocycles. The van der Waals surface area contributed by atoms with Gasteiger partial charge in [0.05, 0.1) is 18.5 Å². The van der Waals surface area contributed by atoms with Crippen LogP contribution in [0.1, 0.15) is 102 Å². The van der Waals surface area contributed by atoms with Crippen molar-refractivity contribution in [2.75, 3.05) is 13.2 Å². The summed E-state index contributed by atoms with van der Waals surface area (Å²) in [4.78, 5) is 0. The molecule has 3 aliphatic carbocycles. The first-order valence-corrected chi connectivity index (χ1v) is 14.0. The van der Waals surface area contributed by atoms with E-state index >= 15 is 0 Å². The normalized spacial score (nSPS) is 32.4. The van der Waals surface area contributed by atoms with E-state index in [1.807, 2.05) is 6.08 Å². The highest BCUT2D eigenvalue weighted by Crippen LogP contribution is 2.42. The van der Waals surface area contributed by atoms with Gasteiger partial charge in [-0.2, -0.15) is 4.39 Å². The standard InChI is InChI=1S/C30H43F3O2/c1-3-34-28-17-16-27(29(32)30(28)33)25-12-14-26(15-13-25)35-19-22-6-10-24(11-7-22)23-8-4-21(5-9-23)18-20(2)31/h16-18,21-26H,3-15,19H2,1-2H3. The molecule has 3 aliphatic rings. The summed E-state index contributed by atoms with van der Waals surface area (Å²) in [5.41, 5.74) is 0.479. The third kappa shape index (κ3) is 7.05. The Morgan fingerprint density at radius 3 is 2.09 bits per heavy atom. The molecular weight excluding hydrogens is 449 g/mol. The lowest BCUT2D eigenvalue weighted by Crippen LogP contribution is -2.28. The topological polar surface area (TPSA) is 18.5 Å². The van der Waals surface area contributed by atoms with E-state index in [2.05, 4.69) is 0 Å². The summed E-state index contributed by atoms with van der Waals surface area (Å²) in [5, 5.41) is 0. The highest BCUT2D eigenvalue weighted by molar-refractivity contribution is 5.33. The van der Waals surface area contributed by atoms with Crippen molar-refractivity contribution in [2.24, 2.45) is 23.7 Å². The monoisotopic (exact) mass is 492 g/mol.